The van der Waals surface area contributed by atoms with E-state index in [9.17, 15) is 0 Å². The zero-order valence-corrected chi connectivity index (χ0v) is 8.56. The molecule has 0 atom stereocenters. The summed E-state index contributed by atoms with van der Waals surface area (Å²) in [7, 11) is 0. The molecule has 0 radical (unpaired) electrons. The van der Waals surface area contributed by atoms with Crippen molar-refractivity contribution in [3.63, 3.8) is 0 Å². The van der Waals surface area contributed by atoms with Crippen LogP contribution in [0.4, 0.5) is 0 Å². The minimum atomic E-state index is 0. The van der Waals surface area contributed by atoms with Crippen LogP contribution in [0.3, 0.4) is 0 Å². The summed E-state index contributed by atoms with van der Waals surface area (Å²) in [4.78, 5) is 0. The Balaban J connectivity index is 0.000000845. The second-order valence-corrected chi connectivity index (χ2v) is 3.30. The van der Waals surface area contributed by atoms with Crippen LogP contribution in [0.15, 0.2) is 4.52 Å². The fraction of sp³-hybridized carbons (Fsp3) is 0.667. The predicted octanol–water partition coefficient (Wildman–Crippen LogP) is 1.99. The van der Waals surface area contributed by atoms with Crippen molar-refractivity contribution in [1.29, 1.82) is 0 Å². The van der Waals surface area contributed by atoms with Crippen molar-refractivity contribution >= 4 is 12.4 Å². The van der Waals surface area contributed by atoms with Crippen LogP contribution in [-0.4, -0.2) is 5.16 Å². The van der Waals surface area contributed by atoms with Crippen molar-refractivity contribution in [3.8, 4) is 0 Å². The summed E-state index contributed by atoms with van der Waals surface area (Å²) >= 11 is 0. The monoisotopic (exact) mass is 202 g/mol. The van der Waals surface area contributed by atoms with Gasteiger partial charge in [0.2, 0.25) is 0 Å². The first kappa shape index (κ1) is 10.5. The summed E-state index contributed by atoms with van der Waals surface area (Å²) in [6.07, 6.45) is 3.50. The molecule has 0 saturated heterocycles. The van der Waals surface area contributed by atoms with Crippen LogP contribution < -0.4 is 5.73 Å². The molecule has 0 unspecified atom stereocenters. The maximum absolute atomic E-state index is 5.54. The molecule has 1 aromatic heterocycles. The molecule has 13 heavy (non-hydrogen) atoms. The van der Waals surface area contributed by atoms with Gasteiger partial charge in [-0.25, -0.2) is 0 Å². The molecule has 2 N–H and O–H groups in total. The van der Waals surface area contributed by atoms with Gasteiger partial charge in [0.25, 0.3) is 0 Å². The first-order chi connectivity index (χ1) is 5.86. The fourth-order valence-corrected chi connectivity index (χ4v) is 1.56. The van der Waals surface area contributed by atoms with E-state index >= 15 is 0 Å². The molecule has 2 rings (SSSR count). The van der Waals surface area contributed by atoms with Gasteiger partial charge < -0.3 is 10.3 Å². The van der Waals surface area contributed by atoms with Gasteiger partial charge in [-0.3, -0.25) is 0 Å². The molecule has 1 fully saturated rings. The number of halogens is 1. The minimum Gasteiger partial charge on any atom is -0.361 e. The Kier molecular flexibility index (Phi) is 3.33. The Morgan fingerprint density at radius 2 is 2.23 bits per heavy atom. The van der Waals surface area contributed by atoms with Crippen LogP contribution in [0.25, 0.3) is 0 Å². The first-order valence-electron chi connectivity index (χ1n) is 4.54. The van der Waals surface area contributed by atoms with E-state index in [1.54, 1.807) is 0 Å². The first-order valence-corrected chi connectivity index (χ1v) is 4.54. The van der Waals surface area contributed by atoms with Gasteiger partial charge in [0.05, 0.1) is 0 Å². The number of rotatable bonds is 3. The second kappa shape index (κ2) is 4.11. The number of nitrogens with zero attached hydrogens (tertiary/aromatic N) is 1. The summed E-state index contributed by atoms with van der Waals surface area (Å²) in [5.74, 6) is 1.74. The lowest BCUT2D eigenvalue weighted by Crippen LogP contribution is -2.00. The van der Waals surface area contributed by atoms with Crippen LogP contribution in [0, 0.1) is 0 Å². The molecule has 1 aliphatic carbocycles. The molecule has 1 aliphatic rings. The molecular weight excluding hydrogens is 188 g/mol. The minimum absolute atomic E-state index is 0. The molecule has 0 aromatic carbocycles. The van der Waals surface area contributed by atoms with E-state index in [2.05, 4.69) is 12.1 Å². The normalized spacial score (nSPS) is 15.5. The molecule has 3 nitrogen and oxygen atoms in total. The Morgan fingerprint density at radius 1 is 1.54 bits per heavy atom. The summed E-state index contributed by atoms with van der Waals surface area (Å²) in [6, 6.07) is 0. The average molecular weight is 203 g/mol. The molecular formula is C9H15ClN2O. The van der Waals surface area contributed by atoms with Crippen LogP contribution >= 0.6 is 12.4 Å². The smallest absolute Gasteiger partial charge is 0.143 e. The van der Waals surface area contributed by atoms with E-state index < -0.39 is 0 Å². The standard InChI is InChI=1S/C9H14N2O.ClH/c1-2-7-8(5-10)11-12-9(7)6-3-4-6;/h6H,2-5,10H2,1H3;1H. The van der Waals surface area contributed by atoms with Gasteiger partial charge in [0.15, 0.2) is 0 Å². The van der Waals surface area contributed by atoms with Crippen molar-refractivity contribution < 1.29 is 4.52 Å². The van der Waals surface area contributed by atoms with E-state index in [0.29, 0.717) is 12.5 Å². The molecule has 0 bridgehead atoms. The second-order valence-electron chi connectivity index (χ2n) is 3.30. The maximum Gasteiger partial charge on any atom is 0.143 e. The fourth-order valence-electron chi connectivity index (χ4n) is 1.56. The molecule has 0 amide bonds. The van der Waals surface area contributed by atoms with Crippen molar-refractivity contribution in [1.82, 2.24) is 5.16 Å². The number of hydrogen-bond acceptors (Lipinski definition) is 3. The van der Waals surface area contributed by atoms with E-state index in [1.807, 2.05) is 0 Å². The topological polar surface area (TPSA) is 52.0 Å². The SMILES string of the molecule is CCc1c(CN)noc1C1CC1.Cl. The number of nitrogens with two attached hydrogens (primary N) is 1. The molecule has 1 saturated carbocycles. The van der Waals surface area contributed by atoms with E-state index in [0.717, 1.165) is 17.9 Å². The van der Waals surface area contributed by atoms with E-state index in [1.165, 1.54) is 18.4 Å². The highest BCUT2D eigenvalue weighted by atomic mass is 35.5. The molecule has 74 valence electrons. The van der Waals surface area contributed by atoms with Crippen LogP contribution in [0.2, 0.25) is 0 Å². The Labute approximate surface area is 84.1 Å². The lowest BCUT2D eigenvalue weighted by Gasteiger charge is -1.95. The highest BCUT2D eigenvalue weighted by molar-refractivity contribution is 5.85. The van der Waals surface area contributed by atoms with Gasteiger partial charge in [0, 0.05) is 18.0 Å². The van der Waals surface area contributed by atoms with Gasteiger partial charge >= 0.3 is 0 Å². The van der Waals surface area contributed by atoms with Crippen molar-refractivity contribution in [2.45, 2.75) is 38.6 Å². The Morgan fingerprint density at radius 3 is 2.69 bits per heavy atom. The van der Waals surface area contributed by atoms with Gasteiger partial charge in [0.1, 0.15) is 11.5 Å². The van der Waals surface area contributed by atoms with Crippen LogP contribution in [0.5, 0.6) is 0 Å². The van der Waals surface area contributed by atoms with Crippen LogP contribution in [0.1, 0.15) is 42.7 Å². The lowest BCUT2D eigenvalue weighted by atomic mass is 10.1. The van der Waals surface area contributed by atoms with Crippen molar-refractivity contribution in [2.75, 3.05) is 0 Å². The van der Waals surface area contributed by atoms with Crippen LogP contribution in [-0.2, 0) is 13.0 Å². The molecule has 4 heteroatoms. The number of hydrogen-bond donors (Lipinski definition) is 1. The molecule has 1 heterocycles. The summed E-state index contributed by atoms with van der Waals surface area (Å²) < 4.78 is 5.27. The molecule has 0 spiro atoms. The van der Waals surface area contributed by atoms with E-state index in [-0.39, 0.29) is 12.4 Å². The highest BCUT2D eigenvalue weighted by Crippen LogP contribution is 2.42. The van der Waals surface area contributed by atoms with Crippen molar-refractivity contribution in [3.05, 3.63) is 17.0 Å². The van der Waals surface area contributed by atoms with E-state index in [4.69, 9.17) is 10.3 Å². The van der Waals surface area contributed by atoms with Gasteiger partial charge in [-0.1, -0.05) is 12.1 Å². The summed E-state index contributed by atoms with van der Waals surface area (Å²) in [6.45, 7) is 2.62. The lowest BCUT2D eigenvalue weighted by molar-refractivity contribution is 0.377. The zero-order valence-electron chi connectivity index (χ0n) is 7.75. The molecule has 0 aliphatic heterocycles. The Bertz CT molecular complexity index is 281. The quantitative estimate of drug-likeness (QED) is 0.816. The largest absolute Gasteiger partial charge is 0.361 e. The zero-order chi connectivity index (χ0) is 8.55. The van der Waals surface area contributed by atoms with Gasteiger partial charge in [-0.15, -0.1) is 12.4 Å². The van der Waals surface area contributed by atoms with Gasteiger partial charge in [-0.2, -0.15) is 0 Å². The van der Waals surface area contributed by atoms with Crippen molar-refractivity contribution in [2.24, 2.45) is 5.73 Å². The number of aromatic nitrogens is 1. The predicted molar refractivity (Wildman–Crippen MR) is 53.0 cm³/mol. The third kappa shape index (κ3) is 1.86. The Hall–Kier alpha value is -0.540. The highest BCUT2D eigenvalue weighted by Gasteiger charge is 2.31. The van der Waals surface area contributed by atoms with Gasteiger partial charge in [-0.05, 0) is 19.3 Å². The average Bonchev–Trinajstić information content (AvgIpc) is 2.85. The third-order valence-electron chi connectivity index (χ3n) is 2.40. The molecule has 1 aromatic rings. The summed E-state index contributed by atoms with van der Waals surface area (Å²) in [5.41, 5.74) is 7.73. The summed E-state index contributed by atoms with van der Waals surface area (Å²) in [5, 5.41) is 3.97. The maximum atomic E-state index is 5.54. The third-order valence-corrected chi connectivity index (χ3v) is 2.40.